The zero-order valence-corrected chi connectivity index (χ0v) is 21.1. The fourth-order valence-electron chi connectivity index (χ4n) is 3.76. The molecule has 0 aliphatic carbocycles. The number of halogens is 1. The Balaban J connectivity index is 1.81. The van der Waals surface area contributed by atoms with Gasteiger partial charge in [-0.1, -0.05) is 30.7 Å². The van der Waals surface area contributed by atoms with Gasteiger partial charge in [0.05, 0.1) is 23.8 Å². The predicted octanol–water partition coefficient (Wildman–Crippen LogP) is 7.30. The molecule has 0 bridgehead atoms. The summed E-state index contributed by atoms with van der Waals surface area (Å²) in [5.41, 5.74) is 1.62. The molecule has 34 heavy (non-hydrogen) atoms. The molecule has 4 rings (SSSR count). The molecular weight excluding hydrogens is 468 g/mol. The van der Waals surface area contributed by atoms with Crippen LogP contribution in [-0.4, -0.2) is 35.7 Å². The molecule has 176 valence electrons. The standard InChI is InChI=1S/C27H27ClN2O3S/c1-4-15-30-26(31)25(34-27(30)29-20-11-9-19(28)10-12-20)17-23-22-16-21(32-5-2)13-7-18(22)8-14-24(23)33-6-3/h7-14,16-17H,4-6,15H2,1-3H3/b25-17-,29-27?. The number of carbonyl (C=O) groups excluding carboxylic acids is 1. The molecule has 3 aromatic rings. The number of ether oxygens (including phenoxy) is 2. The first kappa shape index (κ1) is 24.2. The second-order valence-electron chi connectivity index (χ2n) is 7.66. The summed E-state index contributed by atoms with van der Waals surface area (Å²) >= 11 is 7.39. The van der Waals surface area contributed by atoms with Crippen molar-refractivity contribution in [2.45, 2.75) is 27.2 Å². The number of carbonyl (C=O) groups is 1. The zero-order chi connectivity index (χ0) is 24.1. The van der Waals surface area contributed by atoms with Crippen LogP contribution in [0.5, 0.6) is 11.5 Å². The Hall–Kier alpha value is -2.96. The molecule has 1 saturated heterocycles. The van der Waals surface area contributed by atoms with E-state index >= 15 is 0 Å². The van der Waals surface area contributed by atoms with Crippen LogP contribution in [0.25, 0.3) is 16.8 Å². The van der Waals surface area contributed by atoms with Gasteiger partial charge in [0, 0.05) is 17.1 Å². The van der Waals surface area contributed by atoms with E-state index in [0.717, 1.165) is 39.9 Å². The summed E-state index contributed by atoms with van der Waals surface area (Å²) in [7, 11) is 0. The summed E-state index contributed by atoms with van der Waals surface area (Å²) in [6, 6.07) is 17.3. The van der Waals surface area contributed by atoms with E-state index in [4.69, 9.17) is 26.1 Å². The minimum atomic E-state index is -0.0556. The molecule has 1 amide bonds. The van der Waals surface area contributed by atoms with Crippen molar-refractivity contribution < 1.29 is 14.3 Å². The lowest BCUT2D eigenvalue weighted by molar-refractivity contribution is -0.122. The van der Waals surface area contributed by atoms with Crippen molar-refractivity contribution >= 4 is 57.0 Å². The second kappa shape index (κ2) is 11.0. The fourth-order valence-corrected chi connectivity index (χ4v) is 4.89. The summed E-state index contributed by atoms with van der Waals surface area (Å²) in [6.45, 7) is 7.66. The van der Waals surface area contributed by atoms with Gasteiger partial charge in [-0.25, -0.2) is 4.99 Å². The van der Waals surface area contributed by atoms with Gasteiger partial charge in [0.1, 0.15) is 11.5 Å². The summed E-state index contributed by atoms with van der Waals surface area (Å²) in [4.78, 5) is 20.5. The van der Waals surface area contributed by atoms with Crippen molar-refractivity contribution in [1.29, 1.82) is 0 Å². The number of fused-ring (bicyclic) bond motifs is 1. The number of nitrogens with zero attached hydrogens (tertiary/aromatic N) is 2. The van der Waals surface area contributed by atoms with Crippen LogP contribution in [0.4, 0.5) is 5.69 Å². The normalized spacial score (nSPS) is 16.1. The first-order chi connectivity index (χ1) is 16.5. The van der Waals surface area contributed by atoms with Gasteiger partial charge in [0.25, 0.3) is 5.91 Å². The molecule has 5 nitrogen and oxygen atoms in total. The lowest BCUT2D eigenvalue weighted by Crippen LogP contribution is -2.29. The topological polar surface area (TPSA) is 51.1 Å². The minimum absolute atomic E-state index is 0.0556. The second-order valence-corrected chi connectivity index (χ2v) is 9.11. The maximum atomic E-state index is 13.4. The van der Waals surface area contributed by atoms with E-state index in [9.17, 15) is 4.79 Å². The number of hydrogen-bond donors (Lipinski definition) is 0. The highest BCUT2D eigenvalue weighted by Gasteiger charge is 2.33. The van der Waals surface area contributed by atoms with Gasteiger partial charge in [0.2, 0.25) is 0 Å². The van der Waals surface area contributed by atoms with Gasteiger partial charge in [-0.2, -0.15) is 0 Å². The Bertz CT molecular complexity index is 1250. The quantitative estimate of drug-likeness (QED) is 0.308. The Labute approximate surface area is 209 Å². The van der Waals surface area contributed by atoms with Crippen LogP contribution in [0.1, 0.15) is 32.8 Å². The lowest BCUT2D eigenvalue weighted by Gasteiger charge is -2.14. The molecule has 0 saturated carbocycles. The number of aliphatic imine (C=N–C) groups is 1. The van der Waals surface area contributed by atoms with Crippen molar-refractivity contribution in [1.82, 2.24) is 4.90 Å². The maximum absolute atomic E-state index is 13.4. The van der Waals surface area contributed by atoms with E-state index in [0.29, 0.717) is 34.9 Å². The summed E-state index contributed by atoms with van der Waals surface area (Å²) in [6.07, 6.45) is 2.75. The highest BCUT2D eigenvalue weighted by molar-refractivity contribution is 8.18. The number of amides is 1. The molecular formula is C27H27ClN2O3S. The molecule has 0 unspecified atom stereocenters. The van der Waals surface area contributed by atoms with E-state index in [2.05, 4.69) is 0 Å². The third-order valence-corrected chi connectivity index (χ3v) is 6.53. The van der Waals surface area contributed by atoms with Crippen LogP contribution < -0.4 is 9.47 Å². The molecule has 7 heteroatoms. The molecule has 0 aromatic heterocycles. The molecule has 0 radical (unpaired) electrons. The van der Waals surface area contributed by atoms with Crippen molar-refractivity contribution in [3.05, 3.63) is 70.1 Å². The van der Waals surface area contributed by atoms with Crippen LogP contribution in [0.15, 0.2) is 64.5 Å². The van der Waals surface area contributed by atoms with Gasteiger partial charge < -0.3 is 9.47 Å². The van der Waals surface area contributed by atoms with E-state index in [1.165, 1.54) is 11.8 Å². The van der Waals surface area contributed by atoms with E-state index in [1.54, 1.807) is 17.0 Å². The Morgan fingerprint density at radius 1 is 1.00 bits per heavy atom. The number of thioether (sulfide) groups is 1. The maximum Gasteiger partial charge on any atom is 0.266 e. The molecule has 1 aliphatic rings. The molecule has 0 atom stereocenters. The molecule has 0 spiro atoms. The molecule has 1 heterocycles. The average molecular weight is 495 g/mol. The minimum Gasteiger partial charge on any atom is -0.494 e. The predicted molar refractivity (Wildman–Crippen MR) is 142 cm³/mol. The van der Waals surface area contributed by atoms with Crippen molar-refractivity contribution in [2.24, 2.45) is 4.99 Å². The van der Waals surface area contributed by atoms with Crippen LogP contribution >= 0.6 is 23.4 Å². The Kier molecular flexibility index (Phi) is 7.80. The SMILES string of the molecule is CCCN1C(=O)/C(=C/c2c(OCC)ccc3ccc(OCC)cc23)SC1=Nc1ccc(Cl)cc1. The van der Waals surface area contributed by atoms with Crippen molar-refractivity contribution in [3.8, 4) is 11.5 Å². The lowest BCUT2D eigenvalue weighted by atomic mass is 10.0. The summed E-state index contributed by atoms with van der Waals surface area (Å²) in [5, 5.41) is 3.34. The smallest absolute Gasteiger partial charge is 0.266 e. The molecule has 1 aliphatic heterocycles. The van der Waals surface area contributed by atoms with Crippen molar-refractivity contribution in [2.75, 3.05) is 19.8 Å². The Morgan fingerprint density at radius 3 is 2.44 bits per heavy atom. The van der Waals surface area contributed by atoms with Crippen LogP contribution in [0.2, 0.25) is 5.02 Å². The monoisotopic (exact) mass is 494 g/mol. The largest absolute Gasteiger partial charge is 0.494 e. The van der Waals surface area contributed by atoms with Gasteiger partial charge in [-0.05, 0) is 91.3 Å². The van der Waals surface area contributed by atoms with Gasteiger partial charge in [-0.3, -0.25) is 9.69 Å². The highest BCUT2D eigenvalue weighted by atomic mass is 35.5. The zero-order valence-electron chi connectivity index (χ0n) is 19.5. The Morgan fingerprint density at radius 2 is 1.74 bits per heavy atom. The molecule has 1 fully saturated rings. The fraction of sp³-hybridized carbons (Fsp3) is 0.259. The van der Waals surface area contributed by atoms with Gasteiger partial charge >= 0.3 is 0 Å². The van der Waals surface area contributed by atoms with E-state index in [1.807, 2.05) is 69.3 Å². The van der Waals surface area contributed by atoms with Gasteiger partial charge in [-0.15, -0.1) is 0 Å². The first-order valence-electron chi connectivity index (χ1n) is 11.4. The van der Waals surface area contributed by atoms with E-state index < -0.39 is 0 Å². The van der Waals surface area contributed by atoms with Crippen LogP contribution in [0.3, 0.4) is 0 Å². The van der Waals surface area contributed by atoms with Crippen LogP contribution in [0, 0.1) is 0 Å². The first-order valence-corrected chi connectivity index (χ1v) is 12.6. The van der Waals surface area contributed by atoms with Crippen molar-refractivity contribution in [3.63, 3.8) is 0 Å². The van der Waals surface area contributed by atoms with E-state index in [-0.39, 0.29) is 5.91 Å². The van der Waals surface area contributed by atoms with Crippen LogP contribution in [-0.2, 0) is 4.79 Å². The number of amidine groups is 1. The third kappa shape index (κ3) is 5.24. The molecule has 3 aromatic carbocycles. The molecule has 0 N–H and O–H groups in total. The summed E-state index contributed by atoms with van der Waals surface area (Å²) in [5.74, 6) is 1.46. The number of benzene rings is 3. The average Bonchev–Trinajstić information content (AvgIpc) is 3.11. The third-order valence-electron chi connectivity index (χ3n) is 5.27. The van der Waals surface area contributed by atoms with Gasteiger partial charge in [0.15, 0.2) is 5.17 Å². The number of rotatable bonds is 8. The summed E-state index contributed by atoms with van der Waals surface area (Å²) < 4.78 is 11.7. The number of hydrogen-bond acceptors (Lipinski definition) is 5. The highest BCUT2D eigenvalue weighted by Crippen LogP contribution is 2.39.